The van der Waals surface area contributed by atoms with E-state index in [1.54, 1.807) is 18.2 Å². The number of nitrogens with zero attached hydrogens (tertiary/aromatic N) is 5. The van der Waals surface area contributed by atoms with Crippen molar-refractivity contribution >= 4 is 11.7 Å². The van der Waals surface area contributed by atoms with Crippen molar-refractivity contribution in [2.45, 2.75) is 20.5 Å². The third-order valence-electron chi connectivity index (χ3n) is 3.47. The van der Waals surface area contributed by atoms with Crippen LogP contribution in [0.5, 0.6) is 0 Å². The van der Waals surface area contributed by atoms with Crippen molar-refractivity contribution in [2.75, 3.05) is 0 Å². The molecule has 4 aromatic rings. The molecule has 9 heteroatoms. The minimum Gasteiger partial charge on any atom is -0.461 e. The zero-order chi connectivity index (χ0) is 17.4. The number of rotatable bonds is 4. The van der Waals surface area contributed by atoms with Gasteiger partial charge in [0, 0.05) is 17.5 Å². The van der Waals surface area contributed by atoms with E-state index in [4.69, 9.17) is 13.7 Å². The Labute approximate surface area is 141 Å². The number of aryl methyl sites for hydroxylation is 2. The Hall–Kier alpha value is -3.49. The number of carbonyl (C=O) groups is 1. The molecule has 126 valence electrons. The topological polar surface area (TPSA) is 109 Å². The Kier molecular flexibility index (Phi) is 3.53. The van der Waals surface area contributed by atoms with E-state index in [0.717, 1.165) is 11.4 Å². The van der Waals surface area contributed by atoms with E-state index in [-0.39, 0.29) is 12.4 Å². The van der Waals surface area contributed by atoms with Gasteiger partial charge in [0.05, 0.1) is 6.26 Å². The van der Waals surface area contributed by atoms with Gasteiger partial charge in [-0.3, -0.25) is 0 Å². The molecule has 0 unspecified atom stereocenters. The maximum atomic E-state index is 12.2. The molecular weight excluding hydrogens is 326 g/mol. The first-order valence-corrected chi connectivity index (χ1v) is 7.48. The number of furan rings is 1. The van der Waals surface area contributed by atoms with Crippen molar-refractivity contribution in [1.82, 2.24) is 24.7 Å². The summed E-state index contributed by atoms with van der Waals surface area (Å²) in [6.45, 7) is 3.64. The lowest BCUT2D eigenvalue weighted by molar-refractivity contribution is 0.0450. The molecule has 0 bridgehead atoms. The summed E-state index contributed by atoms with van der Waals surface area (Å²) in [4.78, 5) is 20.5. The second kappa shape index (κ2) is 5.86. The molecule has 0 fully saturated rings. The first-order valence-electron chi connectivity index (χ1n) is 7.48. The minimum absolute atomic E-state index is 0.0593. The number of carbonyl (C=O) groups excluding carboxylic acids is 1. The fraction of sp³-hybridized carbons (Fsp3) is 0.188. The molecule has 0 saturated heterocycles. The molecule has 4 heterocycles. The van der Waals surface area contributed by atoms with Crippen LogP contribution in [0, 0.1) is 13.8 Å². The molecular formula is C16H13N5O4. The summed E-state index contributed by atoms with van der Waals surface area (Å²) >= 11 is 0. The predicted octanol–water partition coefficient (Wildman–Crippen LogP) is 2.35. The van der Waals surface area contributed by atoms with Gasteiger partial charge in [0.15, 0.2) is 5.76 Å². The SMILES string of the molecule is Cc1cc(C)n2nc(C(=O)OCc3cc(-c4ccco4)on3)nc2n1. The number of hydrogen-bond donors (Lipinski definition) is 0. The number of aromatic nitrogens is 5. The van der Waals surface area contributed by atoms with E-state index in [1.807, 2.05) is 19.9 Å². The molecule has 0 aliphatic carbocycles. The van der Waals surface area contributed by atoms with Gasteiger partial charge in [-0.25, -0.2) is 14.3 Å². The Bertz CT molecular complexity index is 1050. The van der Waals surface area contributed by atoms with Gasteiger partial charge in [0.25, 0.3) is 11.6 Å². The van der Waals surface area contributed by atoms with E-state index in [1.165, 1.54) is 10.8 Å². The van der Waals surface area contributed by atoms with Crippen LogP contribution < -0.4 is 0 Å². The molecule has 0 radical (unpaired) electrons. The Morgan fingerprint density at radius 1 is 1.24 bits per heavy atom. The Balaban J connectivity index is 1.48. The third-order valence-corrected chi connectivity index (χ3v) is 3.47. The van der Waals surface area contributed by atoms with Crippen molar-refractivity contribution in [2.24, 2.45) is 0 Å². The van der Waals surface area contributed by atoms with Gasteiger partial charge in [0.1, 0.15) is 12.3 Å². The molecule has 4 rings (SSSR count). The molecule has 0 atom stereocenters. The molecule has 25 heavy (non-hydrogen) atoms. The lowest BCUT2D eigenvalue weighted by atomic mass is 10.3. The Morgan fingerprint density at radius 3 is 2.92 bits per heavy atom. The van der Waals surface area contributed by atoms with Crippen molar-refractivity contribution in [3.05, 3.63) is 53.4 Å². The summed E-state index contributed by atoms with van der Waals surface area (Å²) in [6, 6.07) is 6.97. The first-order chi connectivity index (χ1) is 12.1. The molecule has 0 N–H and O–H groups in total. The largest absolute Gasteiger partial charge is 0.461 e. The molecule has 0 spiro atoms. The van der Waals surface area contributed by atoms with Gasteiger partial charge in [0.2, 0.25) is 5.76 Å². The van der Waals surface area contributed by atoms with Gasteiger partial charge < -0.3 is 13.7 Å². The van der Waals surface area contributed by atoms with Crippen LogP contribution in [0.25, 0.3) is 17.3 Å². The van der Waals surface area contributed by atoms with Crippen LogP contribution in [0.3, 0.4) is 0 Å². The molecule has 0 amide bonds. The van der Waals surface area contributed by atoms with Gasteiger partial charge in [-0.05, 0) is 32.0 Å². The highest BCUT2D eigenvalue weighted by Crippen LogP contribution is 2.20. The number of hydrogen-bond acceptors (Lipinski definition) is 8. The van der Waals surface area contributed by atoms with Crippen LogP contribution in [-0.2, 0) is 11.3 Å². The van der Waals surface area contributed by atoms with E-state index < -0.39 is 5.97 Å². The maximum Gasteiger partial charge on any atom is 0.378 e. The van der Waals surface area contributed by atoms with Crippen LogP contribution in [0.1, 0.15) is 27.7 Å². The zero-order valence-electron chi connectivity index (χ0n) is 13.5. The Morgan fingerprint density at radius 2 is 2.12 bits per heavy atom. The average Bonchev–Trinajstić information content (AvgIpc) is 3.31. The summed E-state index contributed by atoms with van der Waals surface area (Å²) in [5.74, 6) is 0.633. The number of esters is 1. The van der Waals surface area contributed by atoms with E-state index in [2.05, 4.69) is 20.2 Å². The number of ether oxygens (including phenoxy) is 1. The highest BCUT2D eigenvalue weighted by molar-refractivity contribution is 5.85. The average molecular weight is 339 g/mol. The van der Waals surface area contributed by atoms with Crippen molar-refractivity contribution < 1.29 is 18.5 Å². The zero-order valence-corrected chi connectivity index (χ0v) is 13.5. The van der Waals surface area contributed by atoms with Crippen molar-refractivity contribution in [3.63, 3.8) is 0 Å². The van der Waals surface area contributed by atoms with Crippen molar-refractivity contribution in [1.29, 1.82) is 0 Å². The molecule has 0 aliphatic rings. The van der Waals surface area contributed by atoms with Gasteiger partial charge >= 0.3 is 5.97 Å². The minimum atomic E-state index is -0.662. The second-order valence-corrected chi connectivity index (χ2v) is 5.42. The monoisotopic (exact) mass is 339 g/mol. The quantitative estimate of drug-likeness (QED) is 0.521. The normalized spacial score (nSPS) is 11.1. The predicted molar refractivity (Wildman–Crippen MR) is 83.6 cm³/mol. The van der Waals surface area contributed by atoms with Crippen LogP contribution in [0.4, 0.5) is 0 Å². The third kappa shape index (κ3) is 2.87. The summed E-state index contributed by atoms with van der Waals surface area (Å²) < 4.78 is 17.0. The molecule has 0 aliphatic heterocycles. The van der Waals surface area contributed by atoms with Crippen LogP contribution in [0.2, 0.25) is 0 Å². The lowest BCUT2D eigenvalue weighted by Crippen LogP contribution is -2.08. The van der Waals surface area contributed by atoms with Crippen LogP contribution in [0.15, 0.2) is 39.5 Å². The highest BCUT2D eigenvalue weighted by Gasteiger charge is 2.18. The van der Waals surface area contributed by atoms with Gasteiger partial charge in [-0.2, -0.15) is 4.98 Å². The maximum absolute atomic E-state index is 12.2. The van der Waals surface area contributed by atoms with Crippen LogP contribution >= 0.6 is 0 Å². The molecule has 0 saturated carbocycles. The van der Waals surface area contributed by atoms with E-state index in [0.29, 0.717) is 23.0 Å². The molecule has 0 aromatic carbocycles. The molecule has 4 aromatic heterocycles. The van der Waals surface area contributed by atoms with Gasteiger partial charge in [-0.1, -0.05) is 5.16 Å². The van der Waals surface area contributed by atoms with E-state index in [9.17, 15) is 4.79 Å². The first kappa shape index (κ1) is 15.1. The van der Waals surface area contributed by atoms with Crippen LogP contribution in [-0.4, -0.2) is 30.7 Å². The fourth-order valence-corrected chi connectivity index (χ4v) is 2.37. The summed E-state index contributed by atoms with van der Waals surface area (Å²) in [6.07, 6.45) is 1.53. The standard InChI is InChI=1S/C16H13N5O4/c1-9-6-10(2)21-16(17-9)18-14(19-21)15(22)24-8-11-7-13(25-20-11)12-4-3-5-23-12/h3-7H,8H2,1-2H3. The van der Waals surface area contributed by atoms with Gasteiger partial charge in [-0.15, -0.1) is 5.10 Å². The van der Waals surface area contributed by atoms with E-state index >= 15 is 0 Å². The second-order valence-electron chi connectivity index (χ2n) is 5.42. The fourth-order valence-electron chi connectivity index (χ4n) is 2.37. The molecule has 9 nitrogen and oxygen atoms in total. The summed E-state index contributed by atoms with van der Waals surface area (Å²) in [7, 11) is 0. The number of fused-ring (bicyclic) bond motifs is 1. The lowest BCUT2D eigenvalue weighted by Gasteiger charge is -1.98. The summed E-state index contributed by atoms with van der Waals surface area (Å²) in [5, 5.41) is 7.96. The highest BCUT2D eigenvalue weighted by atomic mass is 16.5. The summed E-state index contributed by atoms with van der Waals surface area (Å²) in [5.41, 5.74) is 2.08. The smallest absolute Gasteiger partial charge is 0.378 e. The van der Waals surface area contributed by atoms with Crippen molar-refractivity contribution in [3.8, 4) is 11.5 Å².